The van der Waals surface area contributed by atoms with Crippen LogP contribution in [0, 0.1) is 0 Å². The summed E-state index contributed by atoms with van der Waals surface area (Å²) in [5.41, 5.74) is 0. The van der Waals surface area contributed by atoms with Gasteiger partial charge in [-0.2, -0.15) is 0 Å². The Morgan fingerprint density at radius 3 is 1.31 bits per heavy atom. The number of benzene rings is 2. The van der Waals surface area contributed by atoms with Crippen LogP contribution in [0.15, 0.2) is 60.7 Å². The van der Waals surface area contributed by atoms with Gasteiger partial charge in [-0.05, 0) is 0 Å². The average molecular weight is 573 g/mol. The van der Waals surface area contributed by atoms with Gasteiger partial charge in [-0.3, -0.25) is 0 Å². The zero-order chi connectivity index (χ0) is 21.7. The molecule has 4 nitrogen and oxygen atoms in total. The van der Waals surface area contributed by atoms with Crippen LogP contribution >= 0.6 is 16.1 Å². The van der Waals surface area contributed by atoms with Gasteiger partial charge in [0.1, 0.15) is 0 Å². The van der Waals surface area contributed by atoms with E-state index in [9.17, 15) is 9.13 Å². The third-order valence-corrected chi connectivity index (χ3v) is 29.3. The van der Waals surface area contributed by atoms with Gasteiger partial charge in [0.2, 0.25) is 0 Å². The second-order valence-electron chi connectivity index (χ2n) is 9.06. The molecule has 2 aromatic carbocycles. The molecule has 2 unspecified atom stereocenters. The minimum absolute atomic E-state index is 0.553. The van der Waals surface area contributed by atoms with E-state index in [2.05, 4.69) is 50.5 Å². The van der Waals surface area contributed by atoms with E-state index in [1.165, 1.54) is 10.4 Å². The van der Waals surface area contributed by atoms with Crippen molar-refractivity contribution >= 4 is 61.8 Å². The molecule has 0 fully saturated rings. The summed E-state index contributed by atoms with van der Waals surface area (Å²) in [7, 11) is -7.37. The van der Waals surface area contributed by atoms with E-state index in [1.54, 1.807) is 0 Å². The first-order chi connectivity index (χ1) is 13.4. The van der Waals surface area contributed by atoms with Crippen molar-refractivity contribution in [2.75, 3.05) is 11.6 Å². The van der Waals surface area contributed by atoms with Crippen LogP contribution in [-0.4, -0.2) is 46.9 Å². The van der Waals surface area contributed by atoms with E-state index in [-0.39, 0.29) is 0 Å². The van der Waals surface area contributed by atoms with Gasteiger partial charge in [0.05, 0.1) is 0 Å². The van der Waals surface area contributed by atoms with Crippen molar-refractivity contribution in [3.8, 4) is 0 Å². The maximum atomic E-state index is 12.8. The molecule has 2 aromatic rings. The van der Waals surface area contributed by atoms with E-state index in [0.29, 0.717) is 11.6 Å². The van der Waals surface area contributed by atoms with E-state index in [1.807, 2.05) is 46.3 Å². The third kappa shape index (κ3) is 8.09. The fourth-order valence-corrected chi connectivity index (χ4v) is 26.2. The van der Waals surface area contributed by atoms with E-state index < -0.39 is 51.4 Å². The van der Waals surface area contributed by atoms with Crippen molar-refractivity contribution in [3.63, 3.8) is 0 Å². The van der Waals surface area contributed by atoms with Crippen LogP contribution in [0.4, 0.5) is 0 Å². The summed E-state index contributed by atoms with van der Waals surface area (Å²) >= 11 is -3.58. The molecule has 29 heavy (non-hydrogen) atoms. The van der Waals surface area contributed by atoms with Crippen LogP contribution in [0.25, 0.3) is 0 Å². The van der Waals surface area contributed by atoms with Crippen LogP contribution in [-0.2, 0) is 14.9 Å². The van der Waals surface area contributed by atoms with Gasteiger partial charge in [-0.15, -0.1) is 0 Å². The van der Waals surface area contributed by atoms with E-state index >= 15 is 0 Å². The third-order valence-electron chi connectivity index (χ3n) is 4.80. The summed E-state index contributed by atoms with van der Waals surface area (Å²) < 4.78 is 37.5. The second kappa shape index (κ2) is 10.4. The van der Waals surface area contributed by atoms with Crippen LogP contribution in [0.2, 0.25) is 36.1 Å². The molecule has 2 atom stereocenters. The summed E-state index contributed by atoms with van der Waals surface area (Å²) in [5.74, 6) is 1.11. The fraction of sp³-hybridized carbons (Fsp3) is 0.400. The predicted molar refractivity (Wildman–Crippen MR) is 132 cm³/mol. The van der Waals surface area contributed by atoms with Gasteiger partial charge < -0.3 is 0 Å². The van der Waals surface area contributed by atoms with Crippen LogP contribution in [0.5, 0.6) is 0 Å². The van der Waals surface area contributed by atoms with Gasteiger partial charge in [-0.25, -0.2) is 0 Å². The Labute approximate surface area is 184 Å². The molecule has 0 heterocycles. The molecule has 0 aliphatic carbocycles. The first-order valence-corrected chi connectivity index (χ1v) is 27.0. The Morgan fingerprint density at radius 2 is 1.00 bits per heavy atom. The molecular formula is C20H32O4P2Si2Sn+2. The van der Waals surface area contributed by atoms with Crippen molar-refractivity contribution in [3.05, 3.63) is 60.7 Å². The van der Waals surface area contributed by atoms with Crippen molar-refractivity contribution in [1.29, 1.82) is 0 Å². The van der Waals surface area contributed by atoms with Crippen molar-refractivity contribution in [1.82, 2.24) is 0 Å². The van der Waals surface area contributed by atoms with Gasteiger partial charge >= 0.3 is 185 Å². The first-order valence-electron chi connectivity index (χ1n) is 9.80. The number of hydrogen-bond donors (Lipinski definition) is 0. The van der Waals surface area contributed by atoms with Crippen molar-refractivity contribution in [2.24, 2.45) is 0 Å². The molecule has 0 saturated carbocycles. The molecule has 0 aliphatic heterocycles. The van der Waals surface area contributed by atoms with Crippen LogP contribution < -0.4 is 10.4 Å². The normalized spacial score (nSPS) is 13.9. The fourth-order valence-electron chi connectivity index (χ4n) is 3.18. The topological polar surface area (TPSA) is 52.6 Å². The van der Waals surface area contributed by atoms with Gasteiger partial charge in [0, 0.05) is 0 Å². The summed E-state index contributed by atoms with van der Waals surface area (Å²) in [4.78, 5) is 3.81. The Hall–Kier alpha value is -0.208. The van der Waals surface area contributed by atoms with Crippen molar-refractivity contribution < 1.29 is 14.9 Å². The Kier molecular flexibility index (Phi) is 8.99. The maximum absolute atomic E-state index is 12.8. The van der Waals surface area contributed by atoms with E-state index in [0.717, 1.165) is 0 Å². The van der Waals surface area contributed by atoms with Crippen molar-refractivity contribution in [2.45, 2.75) is 36.1 Å². The molecule has 0 radical (unpaired) electrons. The quantitative estimate of drug-likeness (QED) is 0.278. The molecule has 156 valence electrons. The molecule has 0 aromatic heterocycles. The summed E-state index contributed by atoms with van der Waals surface area (Å²) in [6.45, 7) is 8.82. The molecule has 9 heteroatoms. The Balaban J connectivity index is 1.95. The van der Waals surface area contributed by atoms with Gasteiger partial charge in [0.25, 0.3) is 0 Å². The summed E-state index contributed by atoms with van der Waals surface area (Å²) in [6, 6.07) is 20.5. The molecule has 0 saturated heterocycles. The molecule has 0 amide bonds. The summed E-state index contributed by atoms with van der Waals surface area (Å²) in [6.07, 6.45) is 0. The number of hydrogen-bond acceptors (Lipinski definition) is 4. The molecule has 0 N–H and O–H groups in total. The second-order valence-corrected chi connectivity index (χ2v) is 33.1. The monoisotopic (exact) mass is 574 g/mol. The van der Waals surface area contributed by atoms with Gasteiger partial charge in [0.15, 0.2) is 0 Å². The molecule has 0 spiro atoms. The van der Waals surface area contributed by atoms with Crippen LogP contribution in [0.1, 0.15) is 0 Å². The SMILES string of the molecule is C[Si](C)(C[P+](=O)[O][Sn]([CH3])([CH3])[O][P+](=O)C[Si](C)(C)c1ccccc1)c1ccccc1. The van der Waals surface area contributed by atoms with Crippen LogP contribution in [0.3, 0.4) is 0 Å². The minimum atomic E-state index is -3.58. The molecule has 0 aliphatic rings. The zero-order valence-electron chi connectivity index (χ0n) is 18.2. The molecule has 0 bridgehead atoms. The van der Waals surface area contributed by atoms with E-state index in [4.69, 9.17) is 5.72 Å². The standard InChI is InChI=1S/2C9H13O2PSi.2CH3.Sn/c2*1-13(2,8-12(10)11)9-6-4-3-5-7-9;;;/h2*3-7H,8H2,1-2H3;2*1H3;/q;;;;+2. The Bertz CT molecular complexity index is 777. The molecular weight excluding hydrogens is 541 g/mol. The Morgan fingerprint density at radius 1 is 0.690 bits per heavy atom. The zero-order valence-corrected chi connectivity index (χ0v) is 24.9. The first kappa shape index (κ1) is 25.1. The average Bonchev–Trinajstić information content (AvgIpc) is 2.61. The predicted octanol–water partition coefficient (Wildman–Crippen LogP) is 5.52. The number of rotatable bonds is 10. The summed E-state index contributed by atoms with van der Waals surface area (Å²) in [5, 5.41) is 2.53. The van der Waals surface area contributed by atoms with Gasteiger partial charge in [-0.1, -0.05) is 0 Å². The molecule has 2 rings (SSSR count).